The van der Waals surface area contributed by atoms with Crippen LogP contribution >= 0.6 is 0 Å². The Kier molecular flexibility index (Phi) is 3.41. The van der Waals surface area contributed by atoms with Crippen molar-refractivity contribution in [3.8, 4) is 0 Å². The number of fused-ring (bicyclic) bond motifs is 1. The van der Waals surface area contributed by atoms with Crippen LogP contribution in [0.15, 0.2) is 29.7 Å². The molecule has 0 aliphatic rings. The fourth-order valence-electron chi connectivity index (χ4n) is 2.03. The highest BCUT2D eigenvalue weighted by Crippen LogP contribution is 2.23. The number of nitrogens with zero attached hydrogens (tertiary/aromatic N) is 2. The summed E-state index contributed by atoms with van der Waals surface area (Å²) in [6, 6.07) is 5.86. The van der Waals surface area contributed by atoms with E-state index < -0.39 is 0 Å². The minimum Gasteiger partial charge on any atom is -0.356 e. The number of nitrogens with one attached hydrogen (secondary N) is 1. The number of hydrogen-bond donors (Lipinski definition) is 1. The highest BCUT2D eigenvalue weighted by molar-refractivity contribution is 5.84. The summed E-state index contributed by atoms with van der Waals surface area (Å²) in [7, 11) is 0. The molecule has 94 valence electrons. The van der Waals surface area contributed by atoms with Crippen LogP contribution in [0, 0.1) is 11.8 Å². The molecule has 5 nitrogen and oxygen atoms in total. The van der Waals surface area contributed by atoms with Crippen LogP contribution in [0.2, 0.25) is 0 Å². The van der Waals surface area contributed by atoms with Gasteiger partial charge in [0.25, 0.3) is 0 Å². The van der Waals surface area contributed by atoms with Crippen molar-refractivity contribution < 1.29 is 4.79 Å². The fraction of sp³-hybridized carbons (Fsp3) is 0.308. The maximum Gasteiger partial charge on any atom is 0.216 e. The Morgan fingerprint density at radius 1 is 1.44 bits per heavy atom. The average molecular weight is 245 g/mol. The molecule has 0 radical (unpaired) electrons. The zero-order chi connectivity index (χ0) is 13.1. The summed E-state index contributed by atoms with van der Waals surface area (Å²) < 4.78 is 1.33. The van der Waals surface area contributed by atoms with E-state index in [1.165, 1.54) is 11.6 Å². The lowest BCUT2D eigenvalue weighted by Crippen LogP contribution is -2.22. The Morgan fingerprint density at radius 2 is 2.22 bits per heavy atom. The lowest BCUT2D eigenvalue weighted by atomic mass is 10.1. The van der Waals surface area contributed by atoms with Crippen LogP contribution < -0.4 is 5.32 Å². The highest BCUT2D eigenvalue weighted by atomic mass is 16.3. The fourth-order valence-corrected chi connectivity index (χ4v) is 2.03. The monoisotopic (exact) mass is 245 g/mol. The van der Waals surface area contributed by atoms with E-state index in [1.54, 1.807) is 6.20 Å². The summed E-state index contributed by atoms with van der Waals surface area (Å²) in [6.07, 6.45) is 2.40. The first-order valence-corrected chi connectivity index (χ1v) is 5.80. The molecule has 0 saturated carbocycles. The third-order valence-corrected chi connectivity index (χ3v) is 2.88. The Morgan fingerprint density at radius 3 is 2.89 bits per heavy atom. The minimum atomic E-state index is -0.0524. The summed E-state index contributed by atoms with van der Waals surface area (Å²) in [5, 5.41) is 6.73. The molecule has 5 heteroatoms. The van der Waals surface area contributed by atoms with E-state index in [0.29, 0.717) is 13.0 Å². The third kappa shape index (κ3) is 2.40. The minimum absolute atomic E-state index is 0.0524. The second kappa shape index (κ2) is 5.00. The first-order valence-electron chi connectivity index (χ1n) is 5.80. The van der Waals surface area contributed by atoms with Gasteiger partial charge in [-0.2, -0.15) is 0 Å². The largest absolute Gasteiger partial charge is 0.356 e. The number of rotatable bonds is 4. The number of benzene rings is 1. The van der Waals surface area contributed by atoms with E-state index in [4.69, 9.17) is 0 Å². The van der Waals surface area contributed by atoms with Crippen molar-refractivity contribution in [2.75, 3.05) is 6.54 Å². The van der Waals surface area contributed by atoms with Gasteiger partial charge in [-0.1, -0.05) is 11.6 Å². The quantitative estimate of drug-likeness (QED) is 0.839. The molecule has 1 heterocycles. The molecular weight excluding hydrogens is 230 g/mol. The van der Waals surface area contributed by atoms with Gasteiger partial charge in [0.05, 0.1) is 10.8 Å². The Labute approximate surface area is 105 Å². The zero-order valence-electron chi connectivity index (χ0n) is 10.4. The van der Waals surface area contributed by atoms with E-state index in [0.717, 1.165) is 22.0 Å². The van der Waals surface area contributed by atoms with E-state index in [-0.39, 0.29) is 5.91 Å². The Bertz CT molecular complexity index is 602. The second-order valence-corrected chi connectivity index (χ2v) is 4.33. The number of nitroso groups, excluding NO2 is 1. The number of carbonyl (C=O) groups is 1. The lowest BCUT2D eigenvalue weighted by Gasteiger charge is -2.01. The molecule has 1 amide bonds. The van der Waals surface area contributed by atoms with Gasteiger partial charge in [-0.15, -0.1) is 4.91 Å². The molecule has 0 atom stereocenters. The summed E-state index contributed by atoms with van der Waals surface area (Å²) in [6.45, 7) is 4.05. The molecule has 2 aromatic rings. The van der Waals surface area contributed by atoms with Gasteiger partial charge in [-0.3, -0.25) is 4.79 Å². The van der Waals surface area contributed by atoms with Gasteiger partial charge in [0.2, 0.25) is 5.91 Å². The van der Waals surface area contributed by atoms with Gasteiger partial charge in [0.15, 0.2) is 0 Å². The van der Waals surface area contributed by atoms with Crippen molar-refractivity contribution in [1.29, 1.82) is 0 Å². The molecule has 18 heavy (non-hydrogen) atoms. The molecular formula is C13H15N3O2. The summed E-state index contributed by atoms with van der Waals surface area (Å²) in [5.41, 5.74) is 2.95. The Balaban J connectivity index is 2.34. The molecule has 0 spiro atoms. The van der Waals surface area contributed by atoms with Crippen molar-refractivity contribution in [3.05, 3.63) is 40.4 Å². The predicted octanol–water partition coefficient (Wildman–Crippen LogP) is 2.16. The molecule has 0 fully saturated rings. The topological polar surface area (TPSA) is 63.5 Å². The van der Waals surface area contributed by atoms with Gasteiger partial charge < -0.3 is 5.32 Å². The van der Waals surface area contributed by atoms with E-state index in [2.05, 4.69) is 10.6 Å². The van der Waals surface area contributed by atoms with E-state index in [1.807, 2.05) is 25.1 Å². The molecule has 0 saturated heterocycles. The van der Waals surface area contributed by atoms with Gasteiger partial charge in [-0.25, -0.2) is 4.68 Å². The predicted molar refractivity (Wildman–Crippen MR) is 70.3 cm³/mol. The first kappa shape index (κ1) is 12.3. The lowest BCUT2D eigenvalue weighted by molar-refractivity contribution is -0.118. The van der Waals surface area contributed by atoms with Gasteiger partial charge in [0, 0.05) is 25.1 Å². The number of amides is 1. The van der Waals surface area contributed by atoms with Crippen molar-refractivity contribution in [3.63, 3.8) is 0 Å². The number of carbonyl (C=O) groups excluding carboxylic acids is 1. The molecule has 0 aliphatic heterocycles. The van der Waals surface area contributed by atoms with E-state index in [9.17, 15) is 9.70 Å². The van der Waals surface area contributed by atoms with Crippen LogP contribution in [-0.4, -0.2) is 17.1 Å². The number of aromatic nitrogens is 1. The van der Waals surface area contributed by atoms with Crippen LogP contribution in [0.5, 0.6) is 0 Å². The van der Waals surface area contributed by atoms with Crippen LogP contribution in [0.3, 0.4) is 0 Å². The summed E-state index contributed by atoms with van der Waals surface area (Å²) in [4.78, 5) is 21.6. The van der Waals surface area contributed by atoms with E-state index >= 15 is 0 Å². The second-order valence-electron chi connectivity index (χ2n) is 4.33. The molecule has 1 N–H and O–H groups in total. The van der Waals surface area contributed by atoms with Gasteiger partial charge >= 0.3 is 0 Å². The van der Waals surface area contributed by atoms with Gasteiger partial charge in [-0.05, 0) is 31.0 Å². The van der Waals surface area contributed by atoms with Crippen molar-refractivity contribution in [2.24, 2.45) is 5.29 Å². The number of hydrogen-bond acceptors (Lipinski definition) is 3. The van der Waals surface area contributed by atoms with Crippen LogP contribution in [-0.2, 0) is 11.2 Å². The molecule has 1 aromatic carbocycles. The van der Waals surface area contributed by atoms with Crippen LogP contribution in [0.25, 0.3) is 10.9 Å². The normalized spacial score (nSPS) is 10.6. The smallest absolute Gasteiger partial charge is 0.216 e. The number of aryl methyl sites for hydroxylation is 1. The molecule has 0 bridgehead atoms. The van der Waals surface area contributed by atoms with Crippen molar-refractivity contribution in [2.45, 2.75) is 20.3 Å². The molecule has 0 aliphatic carbocycles. The van der Waals surface area contributed by atoms with Crippen molar-refractivity contribution in [1.82, 2.24) is 9.99 Å². The maximum absolute atomic E-state index is 10.8. The zero-order valence-corrected chi connectivity index (χ0v) is 10.4. The molecule has 2 rings (SSSR count). The summed E-state index contributed by atoms with van der Waals surface area (Å²) >= 11 is 0. The standard InChI is InChI=1S/C13H15N3O2/c1-9-3-4-13-12(7-9)11(8-16(13)15-18)5-6-14-10(2)17/h3-4,7-8H,5-6H2,1-2H3,(H,14,17). The first-order chi connectivity index (χ1) is 8.61. The Hall–Kier alpha value is -2.17. The SMILES string of the molecule is CC(=O)NCCc1cn(N=O)c2ccc(C)cc12. The maximum atomic E-state index is 10.8. The third-order valence-electron chi connectivity index (χ3n) is 2.88. The average Bonchev–Trinajstić information content (AvgIpc) is 2.66. The molecule has 0 unspecified atom stereocenters. The highest BCUT2D eigenvalue weighted by Gasteiger charge is 2.09. The van der Waals surface area contributed by atoms with Crippen LogP contribution in [0.1, 0.15) is 18.1 Å². The van der Waals surface area contributed by atoms with Crippen molar-refractivity contribution >= 4 is 16.8 Å². The van der Waals surface area contributed by atoms with Crippen LogP contribution in [0.4, 0.5) is 0 Å². The molecule has 1 aromatic heterocycles. The van der Waals surface area contributed by atoms with Gasteiger partial charge in [0.1, 0.15) is 0 Å². The summed E-state index contributed by atoms with van der Waals surface area (Å²) in [5.74, 6) is -0.0524.